The van der Waals surface area contributed by atoms with E-state index in [1.165, 1.54) is 110 Å². The minimum atomic E-state index is -0.734. The number of hydrogen-bond acceptors (Lipinski definition) is 6. The molecule has 0 radical (unpaired) electrons. The lowest BCUT2D eigenvalue weighted by atomic mass is 10.1. The van der Waals surface area contributed by atoms with E-state index in [9.17, 15) is 19.2 Å². The standard InChI is InChI=1S/C36H67NO6/c1-4-6-8-10-12-14-16-18-20-22-24-26-35(40)42-31-33(30-37-34(39)29-28-32(3)38)43-36(41)27-25-23-21-19-17-15-13-11-9-7-5-2/h33H,4-31H2,1-3H3,(H,37,39)/t33-/m1/s1. The van der Waals surface area contributed by atoms with Crippen LogP contribution in [0.2, 0.25) is 0 Å². The highest BCUT2D eigenvalue weighted by Gasteiger charge is 2.18. The van der Waals surface area contributed by atoms with Gasteiger partial charge in [0.2, 0.25) is 5.91 Å². The number of ketones is 1. The molecule has 0 aliphatic rings. The molecule has 0 bridgehead atoms. The zero-order chi connectivity index (χ0) is 31.8. The summed E-state index contributed by atoms with van der Waals surface area (Å²) in [6.45, 7) is 5.91. The molecule has 7 nitrogen and oxygen atoms in total. The number of amides is 1. The summed E-state index contributed by atoms with van der Waals surface area (Å²) in [6.07, 6.45) is 26.8. The molecule has 0 aromatic heterocycles. The highest BCUT2D eigenvalue weighted by Crippen LogP contribution is 2.14. The fourth-order valence-electron chi connectivity index (χ4n) is 5.11. The topological polar surface area (TPSA) is 98.8 Å². The van der Waals surface area contributed by atoms with Crippen LogP contribution in [0.25, 0.3) is 0 Å². The third-order valence-corrected chi connectivity index (χ3v) is 7.93. The zero-order valence-corrected chi connectivity index (χ0v) is 28.3. The van der Waals surface area contributed by atoms with Crippen LogP contribution in [0.5, 0.6) is 0 Å². The van der Waals surface area contributed by atoms with Crippen LogP contribution in [0.15, 0.2) is 0 Å². The van der Waals surface area contributed by atoms with Crippen LogP contribution in [0, 0.1) is 0 Å². The first-order valence-electron chi connectivity index (χ1n) is 18.0. The number of esters is 2. The molecule has 0 aromatic carbocycles. The molecule has 0 aliphatic carbocycles. The molecule has 0 aliphatic heterocycles. The Hall–Kier alpha value is -1.92. The van der Waals surface area contributed by atoms with Gasteiger partial charge < -0.3 is 19.6 Å². The Morgan fingerprint density at radius 1 is 0.512 bits per heavy atom. The van der Waals surface area contributed by atoms with Crippen molar-refractivity contribution in [3.8, 4) is 0 Å². The van der Waals surface area contributed by atoms with Gasteiger partial charge in [-0.3, -0.25) is 14.4 Å². The third kappa shape index (κ3) is 31.3. The van der Waals surface area contributed by atoms with Gasteiger partial charge in [0.05, 0.1) is 6.54 Å². The monoisotopic (exact) mass is 609 g/mol. The Balaban J connectivity index is 4.21. The van der Waals surface area contributed by atoms with Crippen LogP contribution in [-0.2, 0) is 28.7 Å². The molecule has 0 aromatic rings. The zero-order valence-electron chi connectivity index (χ0n) is 28.3. The van der Waals surface area contributed by atoms with Crippen molar-refractivity contribution in [1.82, 2.24) is 5.32 Å². The molecule has 0 saturated heterocycles. The minimum absolute atomic E-state index is 0.0542. The number of nitrogens with one attached hydrogen (secondary N) is 1. The largest absolute Gasteiger partial charge is 0.462 e. The number of Topliss-reactive ketones (excluding diaryl/α,β-unsaturated/α-hetero) is 1. The molecule has 252 valence electrons. The van der Waals surface area contributed by atoms with Crippen LogP contribution in [0.3, 0.4) is 0 Å². The van der Waals surface area contributed by atoms with Crippen molar-refractivity contribution >= 4 is 23.6 Å². The average Bonchev–Trinajstić information content (AvgIpc) is 2.98. The van der Waals surface area contributed by atoms with E-state index in [1.54, 1.807) is 0 Å². The number of carbonyl (C=O) groups excluding carboxylic acids is 4. The second kappa shape index (κ2) is 31.5. The number of hydrogen-bond donors (Lipinski definition) is 1. The molecule has 1 amide bonds. The van der Waals surface area contributed by atoms with Gasteiger partial charge in [-0.1, -0.05) is 142 Å². The van der Waals surface area contributed by atoms with Crippen molar-refractivity contribution < 1.29 is 28.7 Å². The lowest BCUT2D eigenvalue weighted by Gasteiger charge is -2.19. The summed E-state index contributed by atoms with van der Waals surface area (Å²) in [6, 6.07) is 0. The normalized spacial score (nSPS) is 11.7. The second-order valence-corrected chi connectivity index (χ2v) is 12.4. The Kier molecular flexibility index (Phi) is 30.1. The van der Waals surface area contributed by atoms with Gasteiger partial charge in [-0.2, -0.15) is 0 Å². The number of carbonyl (C=O) groups is 4. The molecule has 0 heterocycles. The van der Waals surface area contributed by atoms with Crippen molar-refractivity contribution in [2.45, 2.75) is 194 Å². The van der Waals surface area contributed by atoms with E-state index >= 15 is 0 Å². The first-order valence-corrected chi connectivity index (χ1v) is 18.0. The van der Waals surface area contributed by atoms with Crippen molar-refractivity contribution in [3.05, 3.63) is 0 Å². The van der Waals surface area contributed by atoms with Gasteiger partial charge in [0.25, 0.3) is 0 Å². The van der Waals surface area contributed by atoms with Crippen molar-refractivity contribution in [3.63, 3.8) is 0 Å². The van der Waals surface area contributed by atoms with E-state index in [0.29, 0.717) is 12.8 Å². The second-order valence-electron chi connectivity index (χ2n) is 12.4. The van der Waals surface area contributed by atoms with E-state index in [2.05, 4.69) is 19.2 Å². The first kappa shape index (κ1) is 41.1. The van der Waals surface area contributed by atoms with Crippen LogP contribution in [-0.4, -0.2) is 42.9 Å². The molecule has 0 unspecified atom stereocenters. The summed E-state index contributed by atoms with van der Waals surface area (Å²) in [5.74, 6) is -0.971. The van der Waals surface area contributed by atoms with Gasteiger partial charge in [0.1, 0.15) is 12.4 Å². The van der Waals surface area contributed by atoms with Gasteiger partial charge >= 0.3 is 11.9 Å². The van der Waals surface area contributed by atoms with Crippen LogP contribution in [0.1, 0.15) is 188 Å². The van der Waals surface area contributed by atoms with Crippen LogP contribution in [0.4, 0.5) is 0 Å². The highest BCUT2D eigenvalue weighted by molar-refractivity contribution is 5.83. The fraction of sp³-hybridized carbons (Fsp3) is 0.889. The first-order chi connectivity index (χ1) is 20.9. The molecular formula is C36H67NO6. The number of rotatable bonds is 32. The van der Waals surface area contributed by atoms with E-state index in [-0.39, 0.29) is 49.6 Å². The smallest absolute Gasteiger partial charge is 0.306 e. The Bertz CT molecular complexity index is 695. The lowest BCUT2D eigenvalue weighted by molar-refractivity contribution is -0.159. The molecule has 1 atom stereocenters. The maximum Gasteiger partial charge on any atom is 0.306 e. The SMILES string of the molecule is CCCCCCCCCCCCCC(=O)OC[C@@H](CNC(=O)CCC(C)=O)OC(=O)CCCCCCCCCCCCC. The predicted molar refractivity (Wildman–Crippen MR) is 176 cm³/mol. The quantitative estimate of drug-likeness (QED) is 0.0603. The number of ether oxygens (including phenoxy) is 2. The molecule has 0 spiro atoms. The highest BCUT2D eigenvalue weighted by atomic mass is 16.6. The molecular weight excluding hydrogens is 542 g/mol. The van der Waals surface area contributed by atoms with Gasteiger partial charge in [-0.05, 0) is 19.8 Å². The van der Waals surface area contributed by atoms with E-state index < -0.39 is 6.10 Å². The maximum absolute atomic E-state index is 12.5. The summed E-state index contributed by atoms with van der Waals surface area (Å²) in [4.78, 5) is 48.0. The van der Waals surface area contributed by atoms with Crippen molar-refractivity contribution in [1.29, 1.82) is 0 Å². The summed E-state index contributed by atoms with van der Waals surface area (Å²) in [7, 11) is 0. The Labute approximate surface area is 264 Å². The molecule has 0 fully saturated rings. The Morgan fingerprint density at radius 2 is 0.907 bits per heavy atom. The van der Waals surface area contributed by atoms with Gasteiger partial charge in [0.15, 0.2) is 6.10 Å². The Morgan fingerprint density at radius 3 is 1.33 bits per heavy atom. The average molecular weight is 610 g/mol. The van der Waals surface area contributed by atoms with Crippen molar-refractivity contribution in [2.24, 2.45) is 0 Å². The summed E-state index contributed by atoms with van der Waals surface area (Å²) in [5.41, 5.74) is 0. The van der Waals surface area contributed by atoms with Crippen LogP contribution < -0.4 is 5.32 Å². The van der Waals surface area contributed by atoms with Crippen LogP contribution >= 0.6 is 0 Å². The molecule has 7 heteroatoms. The molecule has 43 heavy (non-hydrogen) atoms. The van der Waals surface area contributed by atoms with Gasteiger partial charge in [0, 0.05) is 25.7 Å². The van der Waals surface area contributed by atoms with E-state index in [4.69, 9.17) is 9.47 Å². The molecule has 1 N–H and O–H groups in total. The number of unbranched alkanes of at least 4 members (excludes halogenated alkanes) is 20. The van der Waals surface area contributed by atoms with E-state index in [1.807, 2.05) is 0 Å². The van der Waals surface area contributed by atoms with Gasteiger partial charge in [-0.15, -0.1) is 0 Å². The lowest BCUT2D eigenvalue weighted by Crippen LogP contribution is -2.38. The summed E-state index contributed by atoms with van der Waals surface area (Å²) < 4.78 is 11.0. The predicted octanol–water partition coefficient (Wildman–Crippen LogP) is 9.33. The fourth-order valence-corrected chi connectivity index (χ4v) is 5.11. The minimum Gasteiger partial charge on any atom is -0.462 e. The molecule has 0 rings (SSSR count). The van der Waals surface area contributed by atoms with Crippen molar-refractivity contribution in [2.75, 3.05) is 13.2 Å². The van der Waals surface area contributed by atoms with E-state index in [0.717, 1.165) is 38.5 Å². The molecule has 0 saturated carbocycles. The summed E-state index contributed by atoms with van der Waals surface area (Å²) >= 11 is 0. The maximum atomic E-state index is 12.5. The third-order valence-electron chi connectivity index (χ3n) is 7.93. The summed E-state index contributed by atoms with van der Waals surface area (Å²) in [5, 5.41) is 2.71. The van der Waals surface area contributed by atoms with Gasteiger partial charge in [-0.25, -0.2) is 0 Å².